The number of aryl methyl sites for hydroxylation is 1. The van der Waals surface area contributed by atoms with Crippen molar-refractivity contribution in [3.05, 3.63) is 59.9 Å². The molecule has 7 heteroatoms. The molecule has 0 saturated heterocycles. The van der Waals surface area contributed by atoms with E-state index < -0.39 is 0 Å². The van der Waals surface area contributed by atoms with Gasteiger partial charge in [0.1, 0.15) is 5.75 Å². The second-order valence-corrected chi connectivity index (χ2v) is 6.64. The summed E-state index contributed by atoms with van der Waals surface area (Å²) >= 11 is 1.43. The Morgan fingerprint density at radius 3 is 2.81 bits per heavy atom. The van der Waals surface area contributed by atoms with Crippen LogP contribution in [0.1, 0.15) is 11.4 Å². The van der Waals surface area contributed by atoms with Crippen molar-refractivity contribution < 1.29 is 14.1 Å². The fourth-order valence-electron chi connectivity index (χ4n) is 2.26. The van der Waals surface area contributed by atoms with Gasteiger partial charge in [0.25, 0.3) is 5.89 Å². The molecule has 0 spiro atoms. The summed E-state index contributed by atoms with van der Waals surface area (Å²) in [4.78, 5) is 16.4. The topological polar surface area (TPSA) is 77.2 Å². The van der Waals surface area contributed by atoms with Crippen molar-refractivity contribution >= 4 is 23.4 Å². The molecular weight excluding hydrogens is 350 g/mol. The monoisotopic (exact) mass is 369 g/mol. The number of methoxy groups -OCH3 is 1. The highest BCUT2D eigenvalue weighted by molar-refractivity contribution is 7.99. The molecule has 26 heavy (non-hydrogen) atoms. The van der Waals surface area contributed by atoms with Crippen LogP contribution < -0.4 is 10.1 Å². The fourth-order valence-corrected chi connectivity index (χ4v) is 2.92. The van der Waals surface area contributed by atoms with Crippen LogP contribution in [0, 0.1) is 6.92 Å². The molecule has 0 aliphatic heterocycles. The third-order valence-electron chi connectivity index (χ3n) is 3.58. The molecule has 0 fully saturated rings. The molecule has 3 aromatic rings. The quantitative estimate of drug-likeness (QED) is 0.680. The van der Waals surface area contributed by atoms with Crippen LogP contribution in [-0.2, 0) is 10.5 Å². The number of amides is 1. The Bertz CT molecular complexity index is 878. The SMILES string of the molecule is COc1cccc(NC(=O)CSCc2noc(-c3ccc(C)cc3)n2)c1. The van der Waals surface area contributed by atoms with Gasteiger partial charge in [-0.1, -0.05) is 28.9 Å². The Kier molecular flexibility index (Phi) is 5.91. The number of carbonyl (C=O) groups is 1. The summed E-state index contributed by atoms with van der Waals surface area (Å²) in [5.41, 5.74) is 2.76. The van der Waals surface area contributed by atoms with Gasteiger partial charge in [-0.05, 0) is 31.2 Å². The lowest BCUT2D eigenvalue weighted by Crippen LogP contribution is -2.14. The molecule has 0 radical (unpaired) electrons. The van der Waals surface area contributed by atoms with Crippen LogP contribution in [0.5, 0.6) is 5.75 Å². The molecule has 1 aromatic heterocycles. The normalized spacial score (nSPS) is 10.5. The van der Waals surface area contributed by atoms with E-state index in [2.05, 4.69) is 15.5 Å². The molecule has 6 nitrogen and oxygen atoms in total. The maximum atomic E-state index is 12.0. The van der Waals surface area contributed by atoms with Crippen molar-refractivity contribution in [2.75, 3.05) is 18.2 Å². The lowest BCUT2D eigenvalue weighted by atomic mass is 10.1. The first-order valence-corrected chi connectivity index (χ1v) is 9.21. The van der Waals surface area contributed by atoms with Gasteiger partial charge in [0.05, 0.1) is 18.6 Å². The molecule has 0 saturated carbocycles. The number of carbonyl (C=O) groups excluding carboxylic acids is 1. The van der Waals surface area contributed by atoms with Crippen LogP contribution in [0.4, 0.5) is 5.69 Å². The molecule has 3 rings (SSSR count). The highest BCUT2D eigenvalue weighted by Crippen LogP contribution is 2.20. The molecule has 0 bridgehead atoms. The minimum Gasteiger partial charge on any atom is -0.497 e. The Hall–Kier alpha value is -2.80. The first-order valence-electron chi connectivity index (χ1n) is 8.05. The van der Waals surface area contributed by atoms with Gasteiger partial charge in [-0.3, -0.25) is 4.79 Å². The van der Waals surface area contributed by atoms with E-state index in [1.54, 1.807) is 13.2 Å². The molecular formula is C19H19N3O3S. The fraction of sp³-hybridized carbons (Fsp3) is 0.211. The van der Waals surface area contributed by atoms with Crippen LogP contribution in [0.15, 0.2) is 53.1 Å². The number of anilines is 1. The van der Waals surface area contributed by atoms with Crippen LogP contribution >= 0.6 is 11.8 Å². The summed E-state index contributed by atoms with van der Waals surface area (Å²) in [6, 6.07) is 15.1. The molecule has 1 heterocycles. The van der Waals surface area contributed by atoms with Gasteiger partial charge < -0.3 is 14.6 Å². The first-order chi connectivity index (χ1) is 12.6. The van der Waals surface area contributed by atoms with E-state index in [0.29, 0.717) is 34.7 Å². The maximum Gasteiger partial charge on any atom is 0.257 e. The maximum absolute atomic E-state index is 12.0. The first kappa shape index (κ1) is 18.0. The van der Waals surface area contributed by atoms with E-state index in [-0.39, 0.29) is 5.91 Å². The number of rotatable bonds is 7. The number of benzene rings is 2. The number of ether oxygens (including phenoxy) is 1. The Balaban J connectivity index is 1.48. The van der Waals surface area contributed by atoms with E-state index in [1.165, 1.54) is 17.3 Å². The molecule has 1 N–H and O–H groups in total. The van der Waals surface area contributed by atoms with Crippen LogP contribution in [-0.4, -0.2) is 28.9 Å². The van der Waals surface area contributed by atoms with Crippen LogP contribution in [0.25, 0.3) is 11.5 Å². The van der Waals surface area contributed by atoms with E-state index in [9.17, 15) is 4.79 Å². The number of nitrogens with zero attached hydrogens (tertiary/aromatic N) is 2. The lowest BCUT2D eigenvalue weighted by Gasteiger charge is -2.06. The summed E-state index contributed by atoms with van der Waals surface area (Å²) in [5, 5.41) is 6.80. The van der Waals surface area contributed by atoms with Crippen LogP contribution in [0.3, 0.4) is 0 Å². The van der Waals surface area contributed by atoms with E-state index in [4.69, 9.17) is 9.26 Å². The van der Waals surface area contributed by atoms with Crippen molar-refractivity contribution in [3.63, 3.8) is 0 Å². The lowest BCUT2D eigenvalue weighted by molar-refractivity contribution is -0.113. The average Bonchev–Trinajstić information content (AvgIpc) is 3.11. The molecule has 134 valence electrons. The minimum absolute atomic E-state index is 0.0921. The van der Waals surface area contributed by atoms with Gasteiger partial charge in [-0.15, -0.1) is 11.8 Å². The highest BCUT2D eigenvalue weighted by atomic mass is 32.2. The number of aromatic nitrogens is 2. The molecule has 0 atom stereocenters. The van der Waals surface area contributed by atoms with Gasteiger partial charge in [-0.2, -0.15) is 4.98 Å². The molecule has 1 amide bonds. The van der Waals surface area contributed by atoms with Gasteiger partial charge in [-0.25, -0.2) is 0 Å². The van der Waals surface area contributed by atoms with Gasteiger partial charge in [0.15, 0.2) is 5.82 Å². The zero-order valence-corrected chi connectivity index (χ0v) is 15.4. The second kappa shape index (κ2) is 8.53. The minimum atomic E-state index is -0.0921. The smallest absolute Gasteiger partial charge is 0.257 e. The molecule has 0 aliphatic rings. The van der Waals surface area contributed by atoms with Gasteiger partial charge >= 0.3 is 0 Å². The predicted molar refractivity (Wildman–Crippen MR) is 102 cm³/mol. The summed E-state index contributed by atoms with van der Waals surface area (Å²) < 4.78 is 10.4. The zero-order chi connectivity index (χ0) is 18.4. The third kappa shape index (κ3) is 4.86. The van der Waals surface area contributed by atoms with E-state index >= 15 is 0 Å². The Labute approximate surface area is 156 Å². The highest BCUT2D eigenvalue weighted by Gasteiger charge is 2.10. The second-order valence-electron chi connectivity index (χ2n) is 5.65. The largest absolute Gasteiger partial charge is 0.497 e. The molecule has 0 aliphatic carbocycles. The molecule has 2 aromatic carbocycles. The Morgan fingerprint density at radius 1 is 1.23 bits per heavy atom. The summed E-state index contributed by atoms with van der Waals surface area (Å²) in [6.07, 6.45) is 0. The summed E-state index contributed by atoms with van der Waals surface area (Å²) in [7, 11) is 1.59. The van der Waals surface area contributed by atoms with Gasteiger partial charge in [0, 0.05) is 17.3 Å². The average molecular weight is 369 g/mol. The number of hydrogen-bond acceptors (Lipinski definition) is 6. The van der Waals surface area contributed by atoms with Crippen molar-refractivity contribution in [1.29, 1.82) is 0 Å². The van der Waals surface area contributed by atoms with E-state index in [0.717, 1.165) is 5.56 Å². The van der Waals surface area contributed by atoms with Crippen molar-refractivity contribution in [1.82, 2.24) is 10.1 Å². The van der Waals surface area contributed by atoms with Crippen molar-refractivity contribution in [2.45, 2.75) is 12.7 Å². The van der Waals surface area contributed by atoms with Crippen molar-refractivity contribution in [2.24, 2.45) is 0 Å². The van der Waals surface area contributed by atoms with Crippen LogP contribution in [0.2, 0.25) is 0 Å². The summed E-state index contributed by atoms with van der Waals surface area (Å²) in [6.45, 7) is 2.02. The zero-order valence-electron chi connectivity index (χ0n) is 14.6. The number of thioether (sulfide) groups is 1. The molecule has 0 unspecified atom stereocenters. The third-order valence-corrected chi connectivity index (χ3v) is 4.51. The standard InChI is InChI=1S/C19H19N3O3S/c1-13-6-8-14(9-7-13)19-21-17(22-25-19)11-26-12-18(23)20-15-4-3-5-16(10-15)24-2/h3-10H,11-12H2,1-2H3,(H,20,23). The number of hydrogen-bond donors (Lipinski definition) is 1. The Morgan fingerprint density at radius 2 is 2.04 bits per heavy atom. The van der Waals surface area contributed by atoms with Gasteiger partial charge in [0.2, 0.25) is 5.91 Å². The van der Waals surface area contributed by atoms with E-state index in [1.807, 2.05) is 49.4 Å². The number of nitrogens with one attached hydrogen (secondary N) is 1. The van der Waals surface area contributed by atoms with Crippen molar-refractivity contribution in [3.8, 4) is 17.2 Å². The summed E-state index contributed by atoms with van der Waals surface area (Å²) in [5.74, 6) is 2.46. The predicted octanol–water partition coefficient (Wildman–Crippen LogP) is 3.93.